The number of aromatic nitrogens is 4. The highest BCUT2D eigenvalue weighted by molar-refractivity contribution is 5.73. The molecule has 5 rings (SSSR count). The number of nitrogens with one attached hydrogen (secondary N) is 1. The Hall–Kier alpha value is -4.25. The summed E-state index contributed by atoms with van der Waals surface area (Å²) in [5.74, 6) is -1.01. The highest BCUT2D eigenvalue weighted by Crippen LogP contribution is 2.26. The average molecular weight is 497 g/mol. The van der Waals surface area contributed by atoms with Crippen LogP contribution in [0.15, 0.2) is 73.2 Å². The quantitative estimate of drug-likeness (QED) is 0.422. The van der Waals surface area contributed by atoms with E-state index in [1.165, 1.54) is 0 Å². The summed E-state index contributed by atoms with van der Waals surface area (Å²) in [5, 5.41) is 7.12. The van der Waals surface area contributed by atoms with Crippen molar-refractivity contribution in [3.63, 3.8) is 0 Å². The lowest BCUT2D eigenvalue weighted by atomic mass is 10.1. The molecule has 11 heteroatoms. The average Bonchev–Trinajstić information content (AvgIpc) is 3.40. The van der Waals surface area contributed by atoms with Gasteiger partial charge in [0, 0.05) is 31.0 Å². The number of hydrogen-bond acceptors (Lipinski definition) is 6. The lowest BCUT2D eigenvalue weighted by molar-refractivity contribution is -0.192. The maximum absolute atomic E-state index is 10.6. The van der Waals surface area contributed by atoms with Crippen molar-refractivity contribution >= 4 is 11.8 Å². The fourth-order valence-corrected chi connectivity index (χ4v) is 3.49. The number of carboxylic acids is 1. The standard InChI is InChI=1S/C23H21N5O.C2HF3O2/c1-2-4-17(5-3-1)21-16-26-23(27-21)20-14-18(8-9-24-20)19-6-7-22(25-15-19)28-10-12-29-13-11-28;3-2(4,5)1(6)7/h1-9,14-16H,10-13H2,(H,26,27);(H,6,7). The summed E-state index contributed by atoms with van der Waals surface area (Å²) < 4.78 is 37.2. The first-order chi connectivity index (χ1) is 17.3. The molecule has 0 spiro atoms. The molecule has 2 N–H and O–H groups in total. The van der Waals surface area contributed by atoms with Gasteiger partial charge in [0.25, 0.3) is 0 Å². The number of ether oxygens (including phenoxy) is 1. The Kier molecular flexibility index (Phi) is 7.59. The smallest absolute Gasteiger partial charge is 0.475 e. The summed E-state index contributed by atoms with van der Waals surface area (Å²) in [7, 11) is 0. The van der Waals surface area contributed by atoms with Crippen LogP contribution in [-0.4, -0.2) is 63.5 Å². The minimum absolute atomic E-state index is 0.753. The predicted molar refractivity (Wildman–Crippen MR) is 127 cm³/mol. The van der Waals surface area contributed by atoms with Crippen LogP contribution in [0.5, 0.6) is 0 Å². The summed E-state index contributed by atoms with van der Waals surface area (Å²) in [5.41, 5.74) is 5.01. The van der Waals surface area contributed by atoms with E-state index in [0.29, 0.717) is 0 Å². The third-order valence-corrected chi connectivity index (χ3v) is 5.32. The Morgan fingerprint density at radius 2 is 1.64 bits per heavy atom. The zero-order chi connectivity index (χ0) is 25.5. The van der Waals surface area contributed by atoms with Crippen LogP contribution < -0.4 is 4.90 Å². The Bertz CT molecular complexity index is 1290. The van der Waals surface area contributed by atoms with Crippen molar-refractivity contribution in [2.75, 3.05) is 31.2 Å². The van der Waals surface area contributed by atoms with Crippen molar-refractivity contribution in [1.29, 1.82) is 0 Å². The molecule has 0 atom stereocenters. The van der Waals surface area contributed by atoms with Gasteiger partial charge >= 0.3 is 12.1 Å². The summed E-state index contributed by atoms with van der Waals surface area (Å²) in [6.07, 6.45) is 0.490. The van der Waals surface area contributed by atoms with Crippen molar-refractivity contribution in [2.45, 2.75) is 6.18 Å². The van der Waals surface area contributed by atoms with Crippen LogP contribution in [0.1, 0.15) is 0 Å². The van der Waals surface area contributed by atoms with Crippen LogP contribution in [0.3, 0.4) is 0 Å². The molecule has 36 heavy (non-hydrogen) atoms. The van der Waals surface area contributed by atoms with Gasteiger partial charge in [0.1, 0.15) is 11.5 Å². The molecule has 186 valence electrons. The highest BCUT2D eigenvalue weighted by Gasteiger charge is 2.38. The number of nitrogens with zero attached hydrogens (tertiary/aromatic N) is 4. The molecule has 0 bridgehead atoms. The molecule has 0 radical (unpaired) electrons. The molecule has 1 aromatic carbocycles. The van der Waals surface area contributed by atoms with Crippen LogP contribution in [0.2, 0.25) is 0 Å². The zero-order valence-electron chi connectivity index (χ0n) is 18.9. The van der Waals surface area contributed by atoms with Crippen molar-refractivity contribution in [1.82, 2.24) is 19.9 Å². The van der Waals surface area contributed by atoms with Gasteiger partial charge in [-0.1, -0.05) is 30.3 Å². The molecule has 0 amide bonds. The van der Waals surface area contributed by atoms with E-state index < -0.39 is 12.1 Å². The molecule has 4 heterocycles. The van der Waals surface area contributed by atoms with Crippen LogP contribution in [-0.2, 0) is 9.53 Å². The van der Waals surface area contributed by atoms with E-state index in [-0.39, 0.29) is 0 Å². The monoisotopic (exact) mass is 497 g/mol. The number of morpholine rings is 1. The number of hydrogen-bond donors (Lipinski definition) is 2. The molecular weight excluding hydrogens is 475 g/mol. The van der Waals surface area contributed by atoms with E-state index >= 15 is 0 Å². The van der Waals surface area contributed by atoms with Crippen LogP contribution in [0.25, 0.3) is 33.9 Å². The molecule has 1 aliphatic rings. The van der Waals surface area contributed by atoms with Gasteiger partial charge in [-0.05, 0) is 35.4 Å². The van der Waals surface area contributed by atoms with Gasteiger partial charge in [-0.3, -0.25) is 4.98 Å². The Morgan fingerprint density at radius 3 is 2.28 bits per heavy atom. The molecule has 4 aromatic rings. The van der Waals surface area contributed by atoms with E-state index in [1.54, 1.807) is 0 Å². The molecule has 1 saturated heterocycles. The molecule has 3 aromatic heterocycles. The summed E-state index contributed by atoms with van der Waals surface area (Å²) >= 11 is 0. The van der Waals surface area contributed by atoms with Crippen LogP contribution in [0, 0.1) is 0 Å². The minimum Gasteiger partial charge on any atom is -0.475 e. The first kappa shape index (κ1) is 24.9. The first-order valence-corrected chi connectivity index (χ1v) is 11.0. The van der Waals surface area contributed by atoms with Gasteiger partial charge in [0.05, 0.1) is 25.1 Å². The van der Waals surface area contributed by atoms with Crippen LogP contribution >= 0.6 is 0 Å². The van der Waals surface area contributed by atoms with Gasteiger partial charge in [-0.15, -0.1) is 0 Å². The van der Waals surface area contributed by atoms with E-state index in [2.05, 4.69) is 49.1 Å². The first-order valence-electron chi connectivity index (χ1n) is 11.0. The largest absolute Gasteiger partial charge is 0.490 e. The molecular formula is C25H22F3N5O3. The summed E-state index contributed by atoms with van der Waals surface area (Å²) in [6, 6.07) is 18.4. The molecule has 8 nitrogen and oxygen atoms in total. The van der Waals surface area contributed by atoms with Gasteiger partial charge in [-0.25, -0.2) is 14.8 Å². The van der Waals surface area contributed by atoms with Crippen molar-refractivity contribution in [2.24, 2.45) is 0 Å². The number of carboxylic acid groups (broad SMARTS) is 1. The Morgan fingerprint density at radius 1 is 0.917 bits per heavy atom. The number of aromatic amines is 1. The highest BCUT2D eigenvalue weighted by atomic mass is 19.4. The number of rotatable bonds is 4. The fourth-order valence-electron chi connectivity index (χ4n) is 3.49. The van der Waals surface area contributed by atoms with Crippen molar-refractivity contribution < 1.29 is 27.8 Å². The molecule has 0 saturated carbocycles. The lowest BCUT2D eigenvalue weighted by Gasteiger charge is -2.27. The van der Waals surface area contributed by atoms with E-state index in [0.717, 1.165) is 66.0 Å². The van der Waals surface area contributed by atoms with Crippen molar-refractivity contribution in [3.8, 4) is 33.9 Å². The molecule has 0 aliphatic carbocycles. The zero-order valence-corrected chi connectivity index (χ0v) is 18.9. The number of alkyl halides is 3. The van der Waals surface area contributed by atoms with E-state index in [9.17, 15) is 13.2 Å². The second-order valence-electron chi connectivity index (χ2n) is 7.75. The van der Waals surface area contributed by atoms with E-state index in [1.807, 2.05) is 48.9 Å². The number of pyridine rings is 2. The SMILES string of the molecule is O=C(O)C(F)(F)F.c1ccc(-c2cnc(-c3cc(-c4ccc(N5CCOCC5)nc4)ccn3)[nH]2)cc1. The maximum atomic E-state index is 10.6. The molecule has 1 fully saturated rings. The number of halogens is 3. The summed E-state index contributed by atoms with van der Waals surface area (Å²) in [4.78, 5) is 28.2. The van der Waals surface area contributed by atoms with Crippen molar-refractivity contribution in [3.05, 3.63) is 73.2 Å². The third-order valence-electron chi connectivity index (χ3n) is 5.32. The van der Waals surface area contributed by atoms with Crippen LogP contribution in [0.4, 0.5) is 19.0 Å². The minimum atomic E-state index is -5.08. The molecule has 1 aliphatic heterocycles. The van der Waals surface area contributed by atoms with E-state index in [4.69, 9.17) is 14.6 Å². The van der Waals surface area contributed by atoms with Gasteiger partial charge in [0.15, 0.2) is 5.82 Å². The van der Waals surface area contributed by atoms with Gasteiger partial charge in [0.2, 0.25) is 0 Å². The number of carbonyl (C=O) groups is 1. The third kappa shape index (κ3) is 6.25. The predicted octanol–water partition coefficient (Wildman–Crippen LogP) is 4.67. The lowest BCUT2D eigenvalue weighted by Crippen LogP contribution is -2.36. The second kappa shape index (κ2) is 11.0. The molecule has 0 unspecified atom stereocenters. The fraction of sp³-hybridized carbons (Fsp3) is 0.200. The summed E-state index contributed by atoms with van der Waals surface area (Å²) in [6.45, 7) is 3.28. The number of benzene rings is 1. The van der Waals surface area contributed by atoms with Gasteiger partial charge in [-0.2, -0.15) is 13.2 Å². The second-order valence-corrected chi connectivity index (χ2v) is 7.75. The maximum Gasteiger partial charge on any atom is 0.490 e. The number of aliphatic carboxylic acids is 1. The normalized spacial score (nSPS) is 13.6. The Balaban J connectivity index is 0.000000384. The Labute approximate surface area is 204 Å². The topological polar surface area (TPSA) is 104 Å². The number of anilines is 1. The number of imidazole rings is 1. The van der Waals surface area contributed by atoms with Gasteiger partial charge < -0.3 is 19.7 Å². The number of H-pyrrole nitrogens is 1.